The van der Waals surface area contributed by atoms with E-state index >= 15 is 0 Å². The van der Waals surface area contributed by atoms with Crippen molar-refractivity contribution in [3.05, 3.63) is 29.8 Å². The minimum absolute atomic E-state index is 0.0249. The normalized spacial score (nSPS) is 24.3. The lowest BCUT2D eigenvalue weighted by atomic mass is 10.2. The molecule has 1 aliphatic rings. The molecule has 19 heavy (non-hydrogen) atoms. The van der Waals surface area contributed by atoms with Crippen LogP contribution in [0.3, 0.4) is 0 Å². The third-order valence-electron chi connectivity index (χ3n) is 2.85. The highest BCUT2D eigenvalue weighted by Crippen LogP contribution is 2.15. The summed E-state index contributed by atoms with van der Waals surface area (Å²) in [6.45, 7) is 4.58. The average Bonchev–Trinajstić information content (AvgIpc) is 2.39. The van der Waals surface area contributed by atoms with Gasteiger partial charge < -0.3 is 9.47 Å². The van der Waals surface area contributed by atoms with E-state index < -0.39 is 10.1 Å². The van der Waals surface area contributed by atoms with E-state index in [1.54, 1.807) is 12.1 Å². The molecular weight excluding hydrogens is 268 g/mol. The molecule has 0 aliphatic carbocycles. The van der Waals surface area contributed by atoms with Gasteiger partial charge in [-0.3, -0.25) is 4.18 Å². The molecule has 106 valence electrons. The highest BCUT2D eigenvalue weighted by atomic mass is 32.2. The molecule has 1 aliphatic heterocycles. The monoisotopic (exact) mass is 286 g/mol. The Kier molecular flexibility index (Phi) is 4.57. The summed E-state index contributed by atoms with van der Waals surface area (Å²) >= 11 is 0. The third-order valence-corrected chi connectivity index (χ3v) is 4.15. The standard InChI is InChI=1S/C13H18O5S/c1-10-3-5-13(6-4-10)19(14,15)18-9-12-8-16-11(2)7-17-12/h3-6,11-12H,7-9H2,1-2H3/t11-,12-/m0/s1. The SMILES string of the molecule is Cc1ccc(S(=O)(=O)OC[C@@H]2CO[C@@H](C)CO2)cc1. The quantitative estimate of drug-likeness (QED) is 0.785. The largest absolute Gasteiger partial charge is 0.373 e. The number of benzene rings is 1. The molecule has 1 saturated heterocycles. The summed E-state index contributed by atoms with van der Waals surface area (Å²) in [4.78, 5) is 0.156. The van der Waals surface area contributed by atoms with E-state index in [0.29, 0.717) is 13.2 Å². The van der Waals surface area contributed by atoms with Crippen LogP contribution in [0.25, 0.3) is 0 Å². The van der Waals surface area contributed by atoms with Gasteiger partial charge in [0.05, 0.1) is 30.8 Å². The highest BCUT2D eigenvalue weighted by molar-refractivity contribution is 7.86. The average molecular weight is 286 g/mol. The third kappa shape index (κ3) is 4.01. The molecule has 1 aromatic rings. The first-order valence-corrected chi connectivity index (χ1v) is 7.57. The lowest BCUT2D eigenvalue weighted by Crippen LogP contribution is -2.37. The van der Waals surface area contributed by atoms with Crippen molar-refractivity contribution >= 4 is 10.1 Å². The predicted molar refractivity (Wildman–Crippen MR) is 69.5 cm³/mol. The first kappa shape index (κ1) is 14.5. The van der Waals surface area contributed by atoms with Crippen LogP contribution in [0.1, 0.15) is 12.5 Å². The molecule has 0 spiro atoms. The molecule has 1 heterocycles. The van der Waals surface area contributed by atoms with Crippen LogP contribution in [-0.4, -0.2) is 40.4 Å². The number of hydrogen-bond donors (Lipinski definition) is 0. The molecule has 0 unspecified atom stereocenters. The number of rotatable bonds is 4. The molecule has 1 aromatic carbocycles. The van der Waals surface area contributed by atoms with E-state index in [9.17, 15) is 8.42 Å². The maximum Gasteiger partial charge on any atom is 0.297 e. The lowest BCUT2D eigenvalue weighted by molar-refractivity contribution is -0.135. The summed E-state index contributed by atoms with van der Waals surface area (Å²) in [5, 5.41) is 0. The zero-order valence-corrected chi connectivity index (χ0v) is 11.9. The highest BCUT2D eigenvalue weighted by Gasteiger charge is 2.23. The molecule has 0 aromatic heterocycles. The van der Waals surface area contributed by atoms with Gasteiger partial charge in [-0.2, -0.15) is 8.42 Å². The van der Waals surface area contributed by atoms with E-state index in [-0.39, 0.29) is 23.7 Å². The fourth-order valence-corrected chi connectivity index (χ4v) is 2.61. The van der Waals surface area contributed by atoms with Gasteiger partial charge in [-0.25, -0.2) is 0 Å². The molecule has 0 amide bonds. The van der Waals surface area contributed by atoms with Crippen LogP contribution < -0.4 is 0 Å². The van der Waals surface area contributed by atoms with E-state index in [4.69, 9.17) is 13.7 Å². The Morgan fingerprint density at radius 2 is 1.89 bits per heavy atom. The minimum Gasteiger partial charge on any atom is -0.373 e. The number of aryl methyl sites for hydroxylation is 1. The van der Waals surface area contributed by atoms with E-state index in [0.717, 1.165) is 5.56 Å². The zero-order chi connectivity index (χ0) is 13.9. The van der Waals surface area contributed by atoms with E-state index in [1.807, 2.05) is 13.8 Å². The van der Waals surface area contributed by atoms with Crippen LogP contribution in [0.2, 0.25) is 0 Å². The van der Waals surface area contributed by atoms with Gasteiger partial charge in [0, 0.05) is 0 Å². The molecule has 0 bridgehead atoms. The maximum atomic E-state index is 11.9. The topological polar surface area (TPSA) is 61.8 Å². The zero-order valence-electron chi connectivity index (χ0n) is 11.0. The first-order chi connectivity index (χ1) is 8.97. The van der Waals surface area contributed by atoms with Crippen molar-refractivity contribution < 1.29 is 22.1 Å². The van der Waals surface area contributed by atoms with Crippen LogP contribution >= 0.6 is 0 Å². The van der Waals surface area contributed by atoms with Crippen molar-refractivity contribution in [2.24, 2.45) is 0 Å². The van der Waals surface area contributed by atoms with Crippen molar-refractivity contribution in [1.29, 1.82) is 0 Å². The number of hydrogen-bond acceptors (Lipinski definition) is 5. The van der Waals surface area contributed by atoms with Gasteiger partial charge in [0.2, 0.25) is 0 Å². The molecule has 1 fully saturated rings. The lowest BCUT2D eigenvalue weighted by Gasteiger charge is -2.26. The van der Waals surface area contributed by atoms with Gasteiger partial charge in [0.1, 0.15) is 6.10 Å². The van der Waals surface area contributed by atoms with Crippen molar-refractivity contribution in [3.8, 4) is 0 Å². The molecule has 0 N–H and O–H groups in total. The van der Waals surface area contributed by atoms with Gasteiger partial charge in [-0.1, -0.05) is 17.7 Å². The summed E-state index contributed by atoms with van der Waals surface area (Å²) in [7, 11) is -3.73. The molecule has 0 saturated carbocycles. The summed E-state index contributed by atoms with van der Waals surface area (Å²) < 4.78 is 39.7. The van der Waals surface area contributed by atoms with Gasteiger partial charge in [0.25, 0.3) is 10.1 Å². The maximum absolute atomic E-state index is 11.9. The number of ether oxygens (including phenoxy) is 2. The second kappa shape index (κ2) is 6.00. The summed E-state index contributed by atoms with van der Waals surface area (Å²) in [5.41, 5.74) is 0.997. The van der Waals surface area contributed by atoms with Gasteiger partial charge in [-0.15, -0.1) is 0 Å². The Balaban J connectivity index is 1.92. The first-order valence-electron chi connectivity index (χ1n) is 6.17. The van der Waals surface area contributed by atoms with Crippen LogP contribution in [0, 0.1) is 6.92 Å². The molecule has 5 nitrogen and oxygen atoms in total. The summed E-state index contributed by atoms with van der Waals surface area (Å²) in [6.07, 6.45) is -0.290. The second-order valence-electron chi connectivity index (χ2n) is 4.65. The van der Waals surface area contributed by atoms with Crippen LogP contribution in [0.15, 0.2) is 29.2 Å². The predicted octanol–water partition coefficient (Wildman–Crippen LogP) is 1.50. The summed E-state index contributed by atoms with van der Waals surface area (Å²) in [6, 6.07) is 6.53. The van der Waals surface area contributed by atoms with E-state index in [1.165, 1.54) is 12.1 Å². The molecule has 2 rings (SSSR count). The molecule has 2 atom stereocenters. The van der Waals surface area contributed by atoms with Crippen molar-refractivity contribution in [2.45, 2.75) is 31.0 Å². The van der Waals surface area contributed by atoms with Crippen molar-refractivity contribution in [2.75, 3.05) is 19.8 Å². The van der Waals surface area contributed by atoms with Crippen LogP contribution in [-0.2, 0) is 23.8 Å². The Morgan fingerprint density at radius 3 is 2.47 bits per heavy atom. The Hall–Kier alpha value is -0.950. The molecule has 0 radical (unpaired) electrons. The Bertz CT molecular complexity index is 500. The smallest absolute Gasteiger partial charge is 0.297 e. The fraction of sp³-hybridized carbons (Fsp3) is 0.538. The minimum atomic E-state index is -3.73. The van der Waals surface area contributed by atoms with Crippen molar-refractivity contribution in [1.82, 2.24) is 0 Å². The van der Waals surface area contributed by atoms with Crippen LogP contribution in [0.5, 0.6) is 0 Å². The van der Waals surface area contributed by atoms with Gasteiger partial charge >= 0.3 is 0 Å². The van der Waals surface area contributed by atoms with Crippen LogP contribution in [0.4, 0.5) is 0 Å². The van der Waals surface area contributed by atoms with E-state index in [2.05, 4.69) is 0 Å². The fourth-order valence-electron chi connectivity index (χ4n) is 1.67. The van der Waals surface area contributed by atoms with Gasteiger partial charge in [-0.05, 0) is 26.0 Å². The van der Waals surface area contributed by atoms with Crippen molar-refractivity contribution in [3.63, 3.8) is 0 Å². The summed E-state index contributed by atoms with van der Waals surface area (Å²) in [5.74, 6) is 0. The molecular formula is C13H18O5S. The second-order valence-corrected chi connectivity index (χ2v) is 6.27. The van der Waals surface area contributed by atoms with Gasteiger partial charge in [0.15, 0.2) is 0 Å². The molecule has 6 heteroatoms. The Morgan fingerprint density at radius 1 is 1.21 bits per heavy atom. The Labute approximate surface area is 113 Å².